The molecule has 0 spiro atoms. The largest absolute Gasteiger partial charge is 0.490 e. The van der Waals surface area contributed by atoms with Crippen LogP contribution >= 0.6 is 23.2 Å². The number of allylic oxidation sites excluding steroid dienone is 2. The van der Waals surface area contributed by atoms with Gasteiger partial charge in [-0.05, 0) is 72.4 Å². The van der Waals surface area contributed by atoms with E-state index in [0.29, 0.717) is 46.6 Å². The van der Waals surface area contributed by atoms with Gasteiger partial charge < -0.3 is 14.8 Å². The molecule has 1 heterocycles. The average molecular weight is 570 g/mol. The van der Waals surface area contributed by atoms with E-state index in [2.05, 4.69) is 66.0 Å². The summed E-state index contributed by atoms with van der Waals surface area (Å²) in [6.45, 7) is 2.70. The third-order valence-electron chi connectivity index (χ3n) is 7.55. The van der Waals surface area contributed by atoms with Gasteiger partial charge in [-0.3, -0.25) is 4.99 Å². The van der Waals surface area contributed by atoms with Crippen molar-refractivity contribution in [2.75, 3.05) is 11.9 Å². The molecular formula is C34H30Cl2N2O2. The van der Waals surface area contributed by atoms with E-state index in [1.807, 2.05) is 43.3 Å². The number of benzene rings is 4. The van der Waals surface area contributed by atoms with E-state index in [-0.39, 0.29) is 6.04 Å². The molecule has 0 radical (unpaired) electrons. The molecule has 0 unspecified atom stereocenters. The minimum Gasteiger partial charge on any atom is -0.490 e. The van der Waals surface area contributed by atoms with E-state index >= 15 is 0 Å². The second-order valence-electron chi connectivity index (χ2n) is 10.1. The van der Waals surface area contributed by atoms with Crippen LogP contribution in [0.4, 0.5) is 11.4 Å². The molecule has 2 aliphatic rings. The fourth-order valence-electron chi connectivity index (χ4n) is 5.62. The SMILES string of the molecule is CCOc1cc(C=Nc2ccc([C@@H]3Nc4ccccc4[C@H]4C=CC[C@@H]43)cc2)cc(Cl)c1OCc1ccccc1Cl. The van der Waals surface area contributed by atoms with Gasteiger partial charge in [0.2, 0.25) is 0 Å². The summed E-state index contributed by atoms with van der Waals surface area (Å²) in [5.74, 6) is 2.04. The van der Waals surface area contributed by atoms with Gasteiger partial charge in [0.1, 0.15) is 6.61 Å². The molecule has 4 aromatic rings. The standard InChI is InChI=1S/C34H30Cl2N2O2/c1-2-39-32-19-22(18-30(36)34(32)40-21-24-8-3-5-12-29(24)35)20-37-25-16-14-23(15-17-25)33-28-11-7-10-26(28)27-9-4-6-13-31(27)38-33/h3-10,12-20,26,28,33,38H,2,11,21H2,1H3/t26-,28+,33+/m1/s1. The van der Waals surface area contributed by atoms with Crippen molar-refractivity contribution >= 4 is 40.8 Å². The summed E-state index contributed by atoms with van der Waals surface area (Å²) in [4.78, 5) is 4.71. The molecule has 0 fully saturated rings. The van der Waals surface area contributed by atoms with Crippen molar-refractivity contribution in [3.05, 3.63) is 129 Å². The number of anilines is 1. The number of aliphatic imine (C=N–C) groups is 1. The van der Waals surface area contributed by atoms with Crippen molar-refractivity contribution in [2.45, 2.75) is 31.9 Å². The number of halogens is 2. The lowest BCUT2D eigenvalue weighted by molar-refractivity contribution is 0.269. The van der Waals surface area contributed by atoms with E-state index in [0.717, 1.165) is 23.2 Å². The van der Waals surface area contributed by atoms with Crippen molar-refractivity contribution in [3.63, 3.8) is 0 Å². The quantitative estimate of drug-likeness (QED) is 0.170. The zero-order valence-electron chi connectivity index (χ0n) is 22.2. The molecule has 0 saturated carbocycles. The number of hydrogen-bond acceptors (Lipinski definition) is 4. The summed E-state index contributed by atoms with van der Waals surface area (Å²) in [5, 5.41) is 4.89. The molecular weight excluding hydrogens is 539 g/mol. The van der Waals surface area contributed by atoms with E-state index < -0.39 is 0 Å². The van der Waals surface area contributed by atoms with Crippen molar-refractivity contribution in [1.82, 2.24) is 0 Å². The number of para-hydroxylation sites is 1. The number of nitrogens with zero attached hydrogens (tertiary/aromatic N) is 1. The molecule has 202 valence electrons. The lowest BCUT2D eigenvalue weighted by atomic mass is 9.77. The van der Waals surface area contributed by atoms with Crippen LogP contribution in [0.15, 0.2) is 102 Å². The van der Waals surface area contributed by atoms with Crippen molar-refractivity contribution in [1.29, 1.82) is 0 Å². The van der Waals surface area contributed by atoms with Gasteiger partial charge in [-0.25, -0.2) is 0 Å². The summed E-state index contributed by atoms with van der Waals surface area (Å²) in [5.41, 5.74) is 6.47. The molecule has 1 aliphatic carbocycles. The van der Waals surface area contributed by atoms with Crippen molar-refractivity contribution in [3.8, 4) is 11.5 Å². The summed E-state index contributed by atoms with van der Waals surface area (Å²) >= 11 is 12.9. The normalized spacial score (nSPS) is 19.2. The molecule has 40 heavy (non-hydrogen) atoms. The first-order valence-electron chi connectivity index (χ1n) is 13.6. The molecule has 6 rings (SSSR count). The first-order chi connectivity index (χ1) is 19.6. The number of hydrogen-bond donors (Lipinski definition) is 1. The predicted octanol–water partition coefficient (Wildman–Crippen LogP) is 9.55. The summed E-state index contributed by atoms with van der Waals surface area (Å²) in [6.07, 6.45) is 7.56. The maximum atomic E-state index is 6.63. The van der Waals surface area contributed by atoms with Crippen LogP contribution in [-0.4, -0.2) is 12.8 Å². The fourth-order valence-corrected chi connectivity index (χ4v) is 6.09. The highest BCUT2D eigenvalue weighted by atomic mass is 35.5. The number of rotatable bonds is 8. The van der Waals surface area contributed by atoms with Gasteiger partial charge in [0.05, 0.1) is 23.4 Å². The Hall–Kier alpha value is -3.73. The molecule has 0 amide bonds. The molecule has 0 bridgehead atoms. The molecule has 6 heteroatoms. The van der Waals surface area contributed by atoms with Crippen LogP contribution in [0.25, 0.3) is 0 Å². The minimum atomic E-state index is 0.263. The summed E-state index contributed by atoms with van der Waals surface area (Å²) < 4.78 is 11.9. The lowest BCUT2D eigenvalue weighted by Crippen LogP contribution is -2.28. The van der Waals surface area contributed by atoms with E-state index in [1.54, 1.807) is 6.21 Å². The second kappa shape index (κ2) is 11.8. The van der Waals surface area contributed by atoms with Crippen LogP contribution < -0.4 is 14.8 Å². The molecule has 1 aliphatic heterocycles. The Balaban J connectivity index is 1.18. The summed E-state index contributed by atoms with van der Waals surface area (Å²) in [7, 11) is 0. The van der Waals surface area contributed by atoms with Crippen LogP contribution in [0, 0.1) is 5.92 Å². The smallest absolute Gasteiger partial charge is 0.180 e. The van der Waals surface area contributed by atoms with Crippen molar-refractivity contribution in [2.24, 2.45) is 10.9 Å². The molecule has 1 N–H and O–H groups in total. The Morgan fingerprint density at radius 2 is 1.73 bits per heavy atom. The highest BCUT2D eigenvalue weighted by Gasteiger charge is 2.37. The van der Waals surface area contributed by atoms with Crippen LogP contribution in [0.3, 0.4) is 0 Å². The maximum absolute atomic E-state index is 6.63. The molecule has 4 nitrogen and oxygen atoms in total. The lowest BCUT2D eigenvalue weighted by Gasteiger charge is -2.37. The highest BCUT2D eigenvalue weighted by Crippen LogP contribution is 2.49. The van der Waals surface area contributed by atoms with E-state index in [1.165, 1.54) is 16.8 Å². The Morgan fingerprint density at radius 1 is 0.925 bits per heavy atom. The third-order valence-corrected chi connectivity index (χ3v) is 8.20. The van der Waals surface area contributed by atoms with Crippen molar-refractivity contribution < 1.29 is 9.47 Å². The van der Waals surface area contributed by atoms with Crippen LogP contribution in [0.1, 0.15) is 47.6 Å². The first-order valence-corrected chi connectivity index (χ1v) is 14.3. The Morgan fingerprint density at radius 3 is 2.55 bits per heavy atom. The van der Waals surface area contributed by atoms with E-state index in [9.17, 15) is 0 Å². The molecule has 4 aromatic carbocycles. The van der Waals surface area contributed by atoms with Gasteiger partial charge in [0, 0.05) is 28.4 Å². The zero-order valence-corrected chi connectivity index (χ0v) is 23.7. The topological polar surface area (TPSA) is 42.8 Å². The molecule has 3 atom stereocenters. The highest BCUT2D eigenvalue weighted by molar-refractivity contribution is 6.32. The first kappa shape index (κ1) is 26.5. The van der Waals surface area contributed by atoms with Crippen LogP contribution in [0.5, 0.6) is 11.5 Å². The Bertz CT molecular complexity index is 1560. The third kappa shape index (κ3) is 5.47. The van der Waals surface area contributed by atoms with Crippen LogP contribution in [-0.2, 0) is 6.61 Å². The monoisotopic (exact) mass is 568 g/mol. The summed E-state index contributed by atoms with van der Waals surface area (Å²) in [6, 6.07) is 28.7. The second-order valence-corrected chi connectivity index (χ2v) is 10.9. The van der Waals surface area contributed by atoms with Gasteiger partial charge in [0.25, 0.3) is 0 Å². The Kier molecular flexibility index (Phi) is 7.81. The number of ether oxygens (including phenoxy) is 2. The number of nitrogens with one attached hydrogen (secondary N) is 1. The van der Waals surface area contributed by atoms with Gasteiger partial charge in [-0.15, -0.1) is 0 Å². The minimum absolute atomic E-state index is 0.263. The van der Waals surface area contributed by atoms with Gasteiger partial charge in [-0.2, -0.15) is 0 Å². The maximum Gasteiger partial charge on any atom is 0.180 e. The zero-order chi connectivity index (χ0) is 27.5. The van der Waals surface area contributed by atoms with Crippen LogP contribution in [0.2, 0.25) is 10.0 Å². The Labute approximate surface area is 245 Å². The predicted molar refractivity (Wildman–Crippen MR) is 165 cm³/mol. The number of fused-ring (bicyclic) bond motifs is 3. The van der Waals surface area contributed by atoms with Gasteiger partial charge in [-0.1, -0.05) is 83.9 Å². The van der Waals surface area contributed by atoms with Gasteiger partial charge in [0.15, 0.2) is 11.5 Å². The molecule has 0 saturated heterocycles. The molecule has 0 aromatic heterocycles. The fraction of sp³-hybridized carbons (Fsp3) is 0.206. The van der Waals surface area contributed by atoms with Gasteiger partial charge >= 0.3 is 0 Å². The van der Waals surface area contributed by atoms with E-state index in [4.69, 9.17) is 37.7 Å². The average Bonchev–Trinajstić information content (AvgIpc) is 3.47.